The third-order valence-corrected chi connectivity index (χ3v) is 6.67. The highest BCUT2D eigenvalue weighted by Gasteiger charge is 2.42. The topological polar surface area (TPSA) is 58.2 Å². The Labute approximate surface area is 152 Å². The summed E-state index contributed by atoms with van der Waals surface area (Å²) >= 11 is 1.40. The van der Waals surface area contributed by atoms with Gasteiger partial charge in [-0.25, -0.2) is 4.39 Å². The van der Waals surface area contributed by atoms with E-state index in [0.29, 0.717) is 17.6 Å². The number of amides is 2. The Hall–Kier alpha value is -1.56. The predicted octanol–water partition coefficient (Wildman–Crippen LogP) is 2.97. The van der Waals surface area contributed by atoms with E-state index in [9.17, 15) is 14.0 Å². The number of halogens is 1. The second-order valence-electron chi connectivity index (χ2n) is 7.25. The van der Waals surface area contributed by atoms with Crippen molar-refractivity contribution in [1.29, 1.82) is 0 Å². The molecule has 4 nitrogen and oxygen atoms in total. The average Bonchev–Trinajstić information content (AvgIpc) is 2.59. The normalized spacial score (nSPS) is 31.8. The van der Waals surface area contributed by atoms with Gasteiger partial charge in [0.15, 0.2) is 0 Å². The fourth-order valence-corrected chi connectivity index (χ4v) is 4.70. The van der Waals surface area contributed by atoms with Crippen LogP contribution in [-0.4, -0.2) is 29.7 Å². The van der Waals surface area contributed by atoms with Crippen molar-refractivity contribution < 1.29 is 14.0 Å². The van der Waals surface area contributed by atoms with Crippen molar-refractivity contribution in [2.45, 2.75) is 50.1 Å². The fraction of sp³-hybridized carbons (Fsp3) is 0.579. The van der Waals surface area contributed by atoms with Crippen LogP contribution in [0.25, 0.3) is 0 Å². The second-order valence-corrected chi connectivity index (χ2v) is 8.30. The van der Waals surface area contributed by atoms with Crippen molar-refractivity contribution in [3.63, 3.8) is 0 Å². The number of rotatable bonds is 4. The van der Waals surface area contributed by atoms with Gasteiger partial charge in [-0.1, -0.05) is 13.8 Å². The molecule has 1 aliphatic carbocycles. The number of thioether (sulfide) groups is 1. The minimum atomic E-state index is -0.274. The number of hydrogen-bond donors (Lipinski definition) is 2. The van der Waals surface area contributed by atoms with Gasteiger partial charge in [-0.05, 0) is 55.4 Å². The van der Waals surface area contributed by atoms with Crippen LogP contribution in [0.4, 0.5) is 4.39 Å². The molecule has 0 radical (unpaired) electrons. The van der Waals surface area contributed by atoms with E-state index in [1.54, 1.807) is 12.1 Å². The van der Waals surface area contributed by atoms with Gasteiger partial charge in [0.05, 0.1) is 5.75 Å². The lowest BCUT2D eigenvalue weighted by atomic mass is 9.68. The zero-order valence-corrected chi connectivity index (χ0v) is 15.4. The first-order valence-electron chi connectivity index (χ1n) is 8.92. The Morgan fingerprint density at radius 3 is 2.72 bits per heavy atom. The summed E-state index contributed by atoms with van der Waals surface area (Å²) in [6.45, 7) is 4.16. The smallest absolute Gasteiger partial charge is 0.230 e. The first kappa shape index (κ1) is 18.2. The molecule has 2 fully saturated rings. The van der Waals surface area contributed by atoms with Crippen LogP contribution in [-0.2, 0) is 9.59 Å². The minimum Gasteiger partial charge on any atom is -0.353 e. The van der Waals surface area contributed by atoms with Crippen molar-refractivity contribution in [3.05, 3.63) is 30.1 Å². The zero-order chi connectivity index (χ0) is 18.0. The first-order valence-corrected chi connectivity index (χ1v) is 9.90. The Bertz CT molecular complexity index is 637. The number of benzene rings is 1. The summed E-state index contributed by atoms with van der Waals surface area (Å²) in [6.07, 6.45) is 2.80. The number of carbonyl (C=O) groups excluding carboxylic acids is 2. The summed E-state index contributed by atoms with van der Waals surface area (Å²) in [6, 6.07) is 6.44. The third kappa shape index (κ3) is 4.35. The van der Waals surface area contributed by atoms with Crippen molar-refractivity contribution in [2.75, 3.05) is 5.75 Å². The minimum absolute atomic E-state index is 0.0127. The number of hydrogen-bond acceptors (Lipinski definition) is 3. The van der Waals surface area contributed by atoms with Crippen LogP contribution in [0, 0.1) is 23.6 Å². The number of carbonyl (C=O) groups is 2. The molecule has 2 aliphatic rings. The average molecular weight is 364 g/mol. The van der Waals surface area contributed by atoms with E-state index in [0.717, 1.165) is 24.2 Å². The van der Waals surface area contributed by atoms with Gasteiger partial charge in [0.2, 0.25) is 11.8 Å². The van der Waals surface area contributed by atoms with E-state index < -0.39 is 0 Å². The Kier molecular flexibility index (Phi) is 5.67. The van der Waals surface area contributed by atoms with E-state index in [1.807, 2.05) is 6.92 Å². The summed E-state index contributed by atoms with van der Waals surface area (Å²) in [5.74, 6) is 1.13. The Balaban J connectivity index is 1.48. The van der Waals surface area contributed by atoms with E-state index in [2.05, 4.69) is 17.6 Å². The van der Waals surface area contributed by atoms with Crippen molar-refractivity contribution in [2.24, 2.45) is 17.8 Å². The van der Waals surface area contributed by atoms with Gasteiger partial charge in [0.25, 0.3) is 0 Å². The van der Waals surface area contributed by atoms with Crippen LogP contribution < -0.4 is 10.6 Å². The van der Waals surface area contributed by atoms with Crippen LogP contribution in [0.2, 0.25) is 0 Å². The van der Waals surface area contributed by atoms with E-state index in [1.165, 1.54) is 23.9 Å². The molecule has 2 N–H and O–H groups in total. The molecular weight excluding hydrogens is 339 g/mol. The Morgan fingerprint density at radius 2 is 2.00 bits per heavy atom. The molecule has 0 bridgehead atoms. The molecule has 1 aromatic carbocycles. The maximum absolute atomic E-state index is 12.9. The summed E-state index contributed by atoms with van der Waals surface area (Å²) in [7, 11) is 0. The molecule has 5 atom stereocenters. The van der Waals surface area contributed by atoms with Gasteiger partial charge in [0, 0.05) is 22.9 Å². The van der Waals surface area contributed by atoms with Gasteiger partial charge in [0.1, 0.15) is 5.82 Å². The predicted molar refractivity (Wildman–Crippen MR) is 96.7 cm³/mol. The molecule has 25 heavy (non-hydrogen) atoms. The monoisotopic (exact) mass is 364 g/mol. The maximum atomic E-state index is 12.9. The van der Waals surface area contributed by atoms with Crippen LogP contribution in [0.1, 0.15) is 33.1 Å². The molecule has 1 saturated carbocycles. The number of piperidine rings is 1. The lowest BCUT2D eigenvalue weighted by molar-refractivity contribution is -0.132. The molecule has 6 heteroatoms. The lowest BCUT2D eigenvalue weighted by Crippen LogP contribution is -2.57. The van der Waals surface area contributed by atoms with Crippen LogP contribution >= 0.6 is 11.8 Å². The lowest BCUT2D eigenvalue weighted by Gasteiger charge is -2.45. The van der Waals surface area contributed by atoms with E-state index >= 15 is 0 Å². The van der Waals surface area contributed by atoms with Crippen molar-refractivity contribution >= 4 is 23.6 Å². The zero-order valence-electron chi connectivity index (χ0n) is 14.6. The SMILES string of the molecule is CC1C(=O)NC2CC(NC(=O)CSc3ccc(F)cc3)CCC2C1C. The summed E-state index contributed by atoms with van der Waals surface area (Å²) in [5.41, 5.74) is 0. The highest BCUT2D eigenvalue weighted by atomic mass is 32.2. The van der Waals surface area contributed by atoms with Gasteiger partial charge < -0.3 is 10.6 Å². The van der Waals surface area contributed by atoms with Crippen molar-refractivity contribution in [1.82, 2.24) is 10.6 Å². The first-order chi connectivity index (χ1) is 11.9. The van der Waals surface area contributed by atoms with E-state index in [4.69, 9.17) is 0 Å². The number of fused-ring (bicyclic) bond motifs is 1. The Morgan fingerprint density at radius 1 is 1.28 bits per heavy atom. The molecule has 5 unspecified atom stereocenters. The molecule has 1 aliphatic heterocycles. The molecule has 1 aromatic rings. The molecule has 2 amide bonds. The van der Waals surface area contributed by atoms with Crippen LogP contribution in [0.5, 0.6) is 0 Å². The quantitative estimate of drug-likeness (QED) is 0.808. The highest BCUT2D eigenvalue weighted by molar-refractivity contribution is 8.00. The largest absolute Gasteiger partial charge is 0.353 e. The third-order valence-electron chi connectivity index (χ3n) is 5.66. The number of nitrogens with one attached hydrogen (secondary N) is 2. The van der Waals surface area contributed by atoms with E-state index in [-0.39, 0.29) is 35.6 Å². The van der Waals surface area contributed by atoms with Gasteiger partial charge in [-0.2, -0.15) is 0 Å². The molecule has 136 valence electrons. The molecule has 3 rings (SSSR count). The summed E-state index contributed by atoms with van der Waals surface area (Å²) in [5, 5.41) is 6.22. The summed E-state index contributed by atoms with van der Waals surface area (Å²) in [4.78, 5) is 25.1. The summed E-state index contributed by atoms with van der Waals surface area (Å²) < 4.78 is 12.9. The van der Waals surface area contributed by atoms with Crippen molar-refractivity contribution in [3.8, 4) is 0 Å². The van der Waals surface area contributed by atoms with Gasteiger partial charge >= 0.3 is 0 Å². The molecule has 0 aromatic heterocycles. The van der Waals surface area contributed by atoms with Gasteiger partial charge in [-0.3, -0.25) is 9.59 Å². The molecule has 1 saturated heterocycles. The molecule has 1 heterocycles. The fourth-order valence-electron chi connectivity index (χ4n) is 3.99. The standard InChI is InChI=1S/C19H25FN2O2S/c1-11-12(2)19(24)22-17-9-14(5-8-16(11)17)21-18(23)10-25-15-6-3-13(20)4-7-15/h3-4,6-7,11-12,14,16-17H,5,8-10H2,1-2H3,(H,21,23)(H,22,24). The molecular formula is C19H25FN2O2S. The van der Waals surface area contributed by atoms with Crippen LogP contribution in [0.15, 0.2) is 29.2 Å². The highest BCUT2D eigenvalue weighted by Crippen LogP contribution is 2.37. The van der Waals surface area contributed by atoms with Crippen LogP contribution in [0.3, 0.4) is 0 Å². The second kappa shape index (κ2) is 7.77. The molecule has 0 spiro atoms. The maximum Gasteiger partial charge on any atom is 0.230 e. The van der Waals surface area contributed by atoms with Gasteiger partial charge in [-0.15, -0.1) is 11.8 Å².